The Balaban J connectivity index is 1.46. The molecule has 0 spiro atoms. The number of nitrogens with one attached hydrogen (secondary N) is 2. The molecule has 162 valence electrons. The van der Waals surface area contributed by atoms with Crippen LogP contribution in [0.5, 0.6) is 0 Å². The molecular formula is C23H38FN5. The number of hydrogen-bond acceptors (Lipinski definition) is 3. The molecule has 2 heterocycles. The quantitative estimate of drug-likeness (QED) is 0.542. The number of piperidine rings is 2. The lowest BCUT2D eigenvalue weighted by molar-refractivity contribution is 0.161. The molecule has 0 aliphatic carbocycles. The molecule has 1 aromatic rings. The van der Waals surface area contributed by atoms with Gasteiger partial charge in [0.05, 0.1) is 6.54 Å². The first kappa shape index (κ1) is 22.0. The number of aliphatic imine (C=N–C) groups is 1. The van der Waals surface area contributed by atoms with E-state index < -0.39 is 0 Å². The largest absolute Gasteiger partial charge is 0.357 e. The summed E-state index contributed by atoms with van der Waals surface area (Å²) in [5.41, 5.74) is 1.18. The van der Waals surface area contributed by atoms with E-state index in [0.29, 0.717) is 12.1 Å². The maximum absolute atomic E-state index is 13.1. The highest BCUT2D eigenvalue weighted by Gasteiger charge is 2.22. The Bertz CT molecular complexity index is 625. The Morgan fingerprint density at radius 1 is 1.07 bits per heavy atom. The van der Waals surface area contributed by atoms with Gasteiger partial charge in [-0.1, -0.05) is 25.5 Å². The van der Waals surface area contributed by atoms with Gasteiger partial charge in [-0.05, 0) is 63.4 Å². The lowest BCUT2D eigenvalue weighted by Crippen LogP contribution is -2.49. The Morgan fingerprint density at radius 3 is 2.52 bits per heavy atom. The molecule has 6 heteroatoms. The van der Waals surface area contributed by atoms with E-state index in [2.05, 4.69) is 34.3 Å². The number of hydrogen-bond donors (Lipinski definition) is 2. The number of benzene rings is 1. The molecule has 1 unspecified atom stereocenters. The zero-order chi connectivity index (χ0) is 20.5. The van der Waals surface area contributed by atoms with Crippen LogP contribution in [-0.4, -0.2) is 67.1 Å². The third kappa shape index (κ3) is 6.96. The highest BCUT2D eigenvalue weighted by atomic mass is 19.1. The zero-order valence-corrected chi connectivity index (χ0v) is 18.2. The number of likely N-dealkylation sites (tertiary alicyclic amines) is 2. The van der Waals surface area contributed by atoms with Crippen LogP contribution in [0.2, 0.25) is 0 Å². The molecule has 0 bridgehead atoms. The Morgan fingerprint density at radius 2 is 1.83 bits per heavy atom. The van der Waals surface area contributed by atoms with Crippen LogP contribution in [0.1, 0.15) is 51.5 Å². The van der Waals surface area contributed by atoms with Crippen molar-refractivity contribution in [1.82, 2.24) is 20.4 Å². The minimum Gasteiger partial charge on any atom is -0.357 e. The lowest BCUT2D eigenvalue weighted by Gasteiger charge is -2.35. The molecule has 1 aromatic carbocycles. The van der Waals surface area contributed by atoms with Crippen molar-refractivity contribution in [2.45, 2.75) is 64.6 Å². The summed E-state index contributed by atoms with van der Waals surface area (Å²) in [5, 5.41) is 7.10. The highest BCUT2D eigenvalue weighted by Crippen LogP contribution is 2.17. The Hall–Kier alpha value is -1.66. The summed E-state index contributed by atoms with van der Waals surface area (Å²) in [5.74, 6) is 0.799. The summed E-state index contributed by atoms with van der Waals surface area (Å²) in [4.78, 5) is 9.96. The lowest BCUT2D eigenvalue weighted by atomic mass is 10.0. The van der Waals surface area contributed by atoms with E-state index in [1.807, 2.05) is 12.1 Å². The molecule has 5 nitrogen and oxygen atoms in total. The highest BCUT2D eigenvalue weighted by molar-refractivity contribution is 5.80. The first-order chi connectivity index (χ1) is 14.2. The van der Waals surface area contributed by atoms with Gasteiger partial charge in [-0.15, -0.1) is 0 Å². The monoisotopic (exact) mass is 403 g/mol. The number of likely N-dealkylation sites (N-methyl/N-ethyl adjacent to an activating group) is 1. The van der Waals surface area contributed by atoms with E-state index in [-0.39, 0.29) is 5.82 Å². The molecule has 2 N–H and O–H groups in total. The molecule has 1 atom stereocenters. The van der Waals surface area contributed by atoms with Crippen LogP contribution < -0.4 is 10.6 Å². The van der Waals surface area contributed by atoms with Crippen LogP contribution in [0.15, 0.2) is 29.3 Å². The van der Waals surface area contributed by atoms with Gasteiger partial charge in [0, 0.05) is 38.3 Å². The minimum absolute atomic E-state index is 0.165. The fourth-order valence-corrected chi connectivity index (χ4v) is 4.48. The Labute approximate surface area is 175 Å². The fraction of sp³-hybridized carbons (Fsp3) is 0.696. The summed E-state index contributed by atoms with van der Waals surface area (Å²) in [6.07, 6.45) is 6.13. The third-order valence-electron chi connectivity index (χ3n) is 6.21. The SMILES string of the molecule is CCNC(=NCC1CCCCN1CC)NC1CCN(Cc2ccc(F)cc2)CC1. The van der Waals surface area contributed by atoms with Gasteiger partial charge in [0.15, 0.2) is 5.96 Å². The first-order valence-electron chi connectivity index (χ1n) is 11.4. The minimum atomic E-state index is -0.165. The van der Waals surface area contributed by atoms with Crippen molar-refractivity contribution in [2.24, 2.45) is 4.99 Å². The average Bonchev–Trinajstić information content (AvgIpc) is 2.75. The van der Waals surface area contributed by atoms with Gasteiger partial charge in [-0.2, -0.15) is 0 Å². The summed E-state index contributed by atoms with van der Waals surface area (Å²) in [6.45, 7) is 11.5. The number of nitrogens with zero attached hydrogens (tertiary/aromatic N) is 3. The standard InChI is InChI=1S/C23H38FN5/c1-3-25-23(26-17-22-7-5-6-14-29(22)4-2)27-21-12-15-28(16-13-21)18-19-8-10-20(24)11-9-19/h8-11,21-22H,3-7,12-18H2,1-2H3,(H2,25,26,27). The van der Waals surface area contributed by atoms with Crippen LogP contribution in [0, 0.1) is 5.82 Å². The van der Waals surface area contributed by atoms with Crippen molar-refractivity contribution in [3.8, 4) is 0 Å². The van der Waals surface area contributed by atoms with Gasteiger partial charge >= 0.3 is 0 Å². The molecule has 2 aliphatic rings. The van der Waals surface area contributed by atoms with Crippen LogP contribution in [0.25, 0.3) is 0 Å². The second-order valence-electron chi connectivity index (χ2n) is 8.32. The van der Waals surface area contributed by atoms with Gasteiger partial charge in [0.1, 0.15) is 5.82 Å². The van der Waals surface area contributed by atoms with Gasteiger partial charge in [-0.3, -0.25) is 14.8 Å². The van der Waals surface area contributed by atoms with Gasteiger partial charge in [0.25, 0.3) is 0 Å². The summed E-state index contributed by atoms with van der Waals surface area (Å²) in [7, 11) is 0. The topological polar surface area (TPSA) is 42.9 Å². The Kier molecular flexibility index (Phi) is 8.74. The van der Waals surface area contributed by atoms with E-state index in [1.54, 1.807) is 12.1 Å². The van der Waals surface area contributed by atoms with Crippen LogP contribution in [0.3, 0.4) is 0 Å². The molecule has 2 aliphatic heterocycles. The fourth-order valence-electron chi connectivity index (χ4n) is 4.48. The van der Waals surface area contributed by atoms with Crippen molar-refractivity contribution in [3.05, 3.63) is 35.6 Å². The van der Waals surface area contributed by atoms with Gasteiger partial charge in [-0.25, -0.2) is 4.39 Å². The smallest absolute Gasteiger partial charge is 0.191 e. The predicted molar refractivity (Wildman–Crippen MR) is 119 cm³/mol. The van der Waals surface area contributed by atoms with Crippen LogP contribution in [-0.2, 0) is 6.54 Å². The molecule has 0 radical (unpaired) electrons. The van der Waals surface area contributed by atoms with Crippen molar-refractivity contribution >= 4 is 5.96 Å². The molecule has 3 rings (SSSR count). The van der Waals surface area contributed by atoms with Gasteiger partial charge in [0.2, 0.25) is 0 Å². The molecule has 0 saturated carbocycles. The number of rotatable bonds is 7. The number of guanidine groups is 1. The van der Waals surface area contributed by atoms with Crippen molar-refractivity contribution in [3.63, 3.8) is 0 Å². The van der Waals surface area contributed by atoms with E-state index in [4.69, 9.17) is 4.99 Å². The van der Waals surface area contributed by atoms with E-state index >= 15 is 0 Å². The van der Waals surface area contributed by atoms with E-state index in [9.17, 15) is 4.39 Å². The summed E-state index contributed by atoms with van der Waals surface area (Å²) >= 11 is 0. The molecule has 2 saturated heterocycles. The summed E-state index contributed by atoms with van der Waals surface area (Å²) < 4.78 is 13.1. The number of halogens is 1. The first-order valence-corrected chi connectivity index (χ1v) is 11.4. The maximum atomic E-state index is 13.1. The normalized spacial score (nSPS) is 22.6. The molecule has 0 amide bonds. The second-order valence-corrected chi connectivity index (χ2v) is 8.32. The second kappa shape index (κ2) is 11.5. The third-order valence-corrected chi connectivity index (χ3v) is 6.21. The van der Waals surface area contributed by atoms with Crippen molar-refractivity contribution in [2.75, 3.05) is 39.3 Å². The average molecular weight is 404 g/mol. The van der Waals surface area contributed by atoms with Crippen LogP contribution in [0.4, 0.5) is 4.39 Å². The predicted octanol–water partition coefficient (Wildman–Crippen LogP) is 3.22. The van der Waals surface area contributed by atoms with Crippen molar-refractivity contribution < 1.29 is 4.39 Å². The molecule has 0 aromatic heterocycles. The van der Waals surface area contributed by atoms with Gasteiger partial charge < -0.3 is 10.6 Å². The molecule has 2 fully saturated rings. The molecular weight excluding hydrogens is 365 g/mol. The van der Waals surface area contributed by atoms with Crippen LogP contribution >= 0.6 is 0 Å². The maximum Gasteiger partial charge on any atom is 0.191 e. The van der Waals surface area contributed by atoms with E-state index in [0.717, 1.165) is 58.1 Å². The van der Waals surface area contributed by atoms with Crippen molar-refractivity contribution in [1.29, 1.82) is 0 Å². The zero-order valence-electron chi connectivity index (χ0n) is 18.2. The molecule has 29 heavy (non-hydrogen) atoms. The summed E-state index contributed by atoms with van der Waals surface area (Å²) in [6, 6.07) is 7.93. The van der Waals surface area contributed by atoms with E-state index in [1.165, 1.54) is 31.4 Å².